The van der Waals surface area contributed by atoms with Gasteiger partial charge in [0.25, 0.3) is 0 Å². The standard InChI is InChI=1S/C15H22ClN3/c1-4-17-14(19(2)3)18-11-15(8-9-15)12-6-5-7-13(16)10-12/h5-7,10H,4,8-9,11H2,1-3H3,(H,17,18). The van der Waals surface area contributed by atoms with Crippen molar-refractivity contribution in [3.63, 3.8) is 0 Å². The Morgan fingerprint density at radius 3 is 2.68 bits per heavy atom. The monoisotopic (exact) mass is 279 g/mol. The number of rotatable bonds is 4. The van der Waals surface area contributed by atoms with Crippen molar-refractivity contribution in [3.05, 3.63) is 34.9 Å². The number of hydrogen-bond acceptors (Lipinski definition) is 1. The van der Waals surface area contributed by atoms with Gasteiger partial charge in [0.2, 0.25) is 0 Å². The van der Waals surface area contributed by atoms with E-state index in [0.29, 0.717) is 0 Å². The first kappa shape index (κ1) is 14.2. The normalized spacial score (nSPS) is 17.2. The van der Waals surface area contributed by atoms with E-state index < -0.39 is 0 Å². The zero-order valence-electron chi connectivity index (χ0n) is 11.9. The largest absolute Gasteiger partial charge is 0.357 e. The van der Waals surface area contributed by atoms with Crippen LogP contribution in [-0.2, 0) is 5.41 Å². The van der Waals surface area contributed by atoms with Crippen molar-refractivity contribution in [2.24, 2.45) is 4.99 Å². The maximum atomic E-state index is 6.09. The summed E-state index contributed by atoms with van der Waals surface area (Å²) in [6, 6.07) is 8.19. The molecule has 1 aliphatic carbocycles. The minimum absolute atomic E-state index is 0.210. The average Bonchev–Trinajstić information content (AvgIpc) is 3.15. The van der Waals surface area contributed by atoms with Gasteiger partial charge in [-0.1, -0.05) is 23.7 Å². The summed E-state index contributed by atoms with van der Waals surface area (Å²) in [6.07, 6.45) is 2.40. The highest BCUT2D eigenvalue weighted by molar-refractivity contribution is 6.30. The molecule has 2 rings (SSSR count). The molecule has 4 heteroatoms. The molecule has 0 aromatic heterocycles. The van der Waals surface area contributed by atoms with Crippen molar-refractivity contribution < 1.29 is 0 Å². The molecule has 1 aromatic carbocycles. The molecule has 0 aliphatic heterocycles. The second-order valence-corrected chi connectivity index (χ2v) is 5.79. The highest BCUT2D eigenvalue weighted by atomic mass is 35.5. The number of nitrogens with zero attached hydrogens (tertiary/aromatic N) is 2. The van der Waals surface area contributed by atoms with E-state index in [1.165, 1.54) is 18.4 Å². The highest BCUT2D eigenvalue weighted by Crippen LogP contribution is 2.48. The first-order valence-electron chi connectivity index (χ1n) is 6.79. The Bertz CT molecular complexity index is 464. The molecular formula is C15H22ClN3. The third kappa shape index (κ3) is 3.41. The summed E-state index contributed by atoms with van der Waals surface area (Å²) in [7, 11) is 4.03. The topological polar surface area (TPSA) is 27.6 Å². The molecule has 0 saturated heterocycles. The van der Waals surface area contributed by atoms with Crippen molar-refractivity contribution in [1.29, 1.82) is 0 Å². The maximum Gasteiger partial charge on any atom is 0.193 e. The van der Waals surface area contributed by atoms with Crippen LogP contribution in [0.1, 0.15) is 25.3 Å². The minimum Gasteiger partial charge on any atom is -0.357 e. The number of benzene rings is 1. The predicted octanol–water partition coefficient (Wildman–Crippen LogP) is 2.90. The summed E-state index contributed by atoms with van der Waals surface area (Å²) in [5.41, 5.74) is 1.53. The van der Waals surface area contributed by atoms with Crippen molar-refractivity contribution in [2.75, 3.05) is 27.2 Å². The van der Waals surface area contributed by atoms with E-state index in [1.54, 1.807) is 0 Å². The van der Waals surface area contributed by atoms with Crippen LogP contribution < -0.4 is 5.32 Å². The summed E-state index contributed by atoms with van der Waals surface area (Å²) in [6.45, 7) is 3.80. The lowest BCUT2D eigenvalue weighted by atomic mass is 9.96. The summed E-state index contributed by atoms with van der Waals surface area (Å²) >= 11 is 6.09. The van der Waals surface area contributed by atoms with Crippen LogP contribution in [-0.4, -0.2) is 38.0 Å². The van der Waals surface area contributed by atoms with Gasteiger partial charge in [0.15, 0.2) is 5.96 Å². The number of nitrogens with one attached hydrogen (secondary N) is 1. The predicted molar refractivity (Wildman–Crippen MR) is 82.0 cm³/mol. The van der Waals surface area contributed by atoms with Crippen LogP contribution in [0.15, 0.2) is 29.3 Å². The quantitative estimate of drug-likeness (QED) is 0.678. The van der Waals surface area contributed by atoms with E-state index in [-0.39, 0.29) is 5.41 Å². The van der Waals surface area contributed by atoms with Crippen molar-refractivity contribution in [2.45, 2.75) is 25.2 Å². The maximum absolute atomic E-state index is 6.09. The number of aliphatic imine (C=N–C) groups is 1. The molecule has 0 bridgehead atoms. The third-order valence-corrected chi connectivity index (χ3v) is 3.82. The van der Waals surface area contributed by atoms with E-state index in [0.717, 1.165) is 24.1 Å². The second kappa shape index (κ2) is 5.83. The molecule has 0 radical (unpaired) electrons. The molecular weight excluding hydrogens is 258 g/mol. The van der Waals surface area contributed by atoms with E-state index in [9.17, 15) is 0 Å². The highest BCUT2D eigenvalue weighted by Gasteiger charge is 2.44. The van der Waals surface area contributed by atoms with Gasteiger partial charge < -0.3 is 10.2 Å². The van der Waals surface area contributed by atoms with Crippen molar-refractivity contribution in [3.8, 4) is 0 Å². The van der Waals surface area contributed by atoms with Gasteiger partial charge in [-0.2, -0.15) is 0 Å². The van der Waals surface area contributed by atoms with Gasteiger partial charge in [-0.05, 0) is 37.5 Å². The summed E-state index contributed by atoms with van der Waals surface area (Å²) in [5.74, 6) is 0.954. The Morgan fingerprint density at radius 1 is 1.42 bits per heavy atom. The van der Waals surface area contributed by atoms with Crippen LogP contribution in [0.3, 0.4) is 0 Å². The molecule has 104 valence electrons. The lowest BCUT2D eigenvalue weighted by molar-refractivity contribution is 0.575. The fourth-order valence-electron chi connectivity index (χ4n) is 2.25. The van der Waals surface area contributed by atoms with Crippen LogP contribution in [0.5, 0.6) is 0 Å². The summed E-state index contributed by atoms with van der Waals surface area (Å²) in [5, 5.41) is 4.11. The minimum atomic E-state index is 0.210. The average molecular weight is 280 g/mol. The van der Waals surface area contributed by atoms with Crippen molar-refractivity contribution in [1.82, 2.24) is 10.2 Å². The molecule has 3 nitrogen and oxygen atoms in total. The Balaban J connectivity index is 2.12. The van der Waals surface area contributed by atoms with Gasteiger partial charge in [0.05, 0.1) is 6.54 Å². The van der Waals surface area contributed by atoms with Crippen LogP contribution >= 0.6 is 11.6 Å². The molecule has 19 heavy (non-hydrogen) atoms. The molecule has 0 atom stereocenters. The number of hydrogen-bond donors (Lipinski definition) is 1. The first-order valence-corrected chi connectivity index (χ1v) is 7.17. The number of halogens is 1. The van der Waals surface area contributed by atoms with Gasteiger partial charge in [-0.25, -0.2) is 0 Å². The van der Waals surface area contributed by atoms with Gasteiger partial charge in [-0.3, -0.25) is 4.99 Å². The molecule has 1 saturated carbocycles. The van der Waals surface area contributed by atoms with E-state index in [1.807, 2.05) is 31.1 Å². The van der Waals surface area contributed by atoms with Gasteiger partial charge >= 0.3 is 0 Å². The molecule has 0 heterocycles. The lowest BCUT2D eigenvalue weighted by Gasteiger charge is -2.19. The van der Waals surface area contributed by atoms with E-state index >= 15 is 0 Å². The Labute approximate surface area is 120 Å². The Kier molecular flexibility index (Phi) is 4.35. The Morgan fingerprint density at radius 2 is 2.16 bits per heavy atom. The fraction of sp³-hybridized carbons (Fsp3) is 0.533. The van der Waals surface area contributed by atoms with Crippen LogP contribution in [0, 0.1) is 0 Å². The van der Waals surface area contributed by atoms with Gasteiger partial charge in [0.1, 0.15) is 0 Å². The zero-order valence-corrected chi connectivity index (χ0v) is 12.7. The third-order valence-electron chi connectivity index (χ3n) is 3.58. The lowest BCUT2D eigenvalue weighted by Crippen LogP contribution is -2.37. The molecule has 0 spiro atoms. The van der Waals surface area contributed by atoms with Crippen LogP contribution in [0.2, 0.25) is 5.02 Å². The molecule has 1 fully saturated rings. The van der Waals surface area contributed by atoms with Gasteiger partial charge in [-0.15, -0.1) is 0 Å². The summed E-state index contributed by atoms with van der Waals surface area (Å²) < 4.78 is 0. The van der Waals surface area contributed by atoms with Crippen molar-refractivity contribution >= 4 is 17.6 Å². The number of guanidine groups is 1. The Hall–Kier alpha value is -1.22. The zero-order chi connectivity index (χ0) is 13.9. The van der Waals surface area contributed by atoms with Gasteiger partial charge in [0, 0.05) is 31.1 Å². The first-order chi connectivity index (χ1) is 9.07. The molecule has 0 unspecified atom stereocenters. The molecule has 0 amide bonds. The van der Waals surface area contributed by atoms with Crippen LogP contribution in [0.25, 0.3) is 0 Å². The van der Waals surface area contributed by atoms with E-state index in [2.05, 4.69) is 24.4 Å². The molecule has 1 N–H and O–H groups in total. The SMILES string of the molecule is CCNC(=NCC1(c2cccc(Cl)c2)CC1)N(C)C. The fourth-order valence-corrected chi connectivity index (χ4v) is 2.44. The van der Waals surface area contributed by atoms with E-state index in [4.69, 9.17) is 16.6 Å². The summed E-state index contributed by atoms with van der Waals surface area (Å²) in [4.78, 5) is 6.77. The van der Waals surface area contributed by atoms with Crippen LogP contribution in [0.4, 0.5) is 0 Å². The second-order valence-electron chi connectivity index (χ2n) is 5.36. The molecule has 1 aliphatic rings. The molecule has 1 aromatic rings. The smallest absolute Gasteiger partial charge is 0.193 e.